The van der Waals surface area contributed by atoms with Crippen LogP contribution in [0.5, 0.6) is 0 Å². The van der Waals surface area contributed by atoms with E-state index in [0.29, 0.717) is 0 Å². The minimum Gasteiger partial charge on any atom is -0.456 e. The predicted octanol–water partition coefficient (Wildman–Crippen LogP) is 16.9. The zero-order chi connectivity index (χ0) is 49.5. The Kier molecular flexibility index (Phi) is 9.94. The number of hydrogen-bond acceptors (Lipinski definition) is 2. The molecule has 3 heteroatoms. The number of furan rings is 1. The molecule has 75 heavy (non-hydrogen) atoms. The molecular weight excluding hydrogens is 923 g/mol. The average Bonchev–Trinajstić information content (AvgIpc) is 4.08. The van der Waals surface area contributed by atoms with Crippen molar-refractivity contribution in [2.45, 2.75) is 0 Å². The topological polar surface area (TPSA) is 16.4 Å². The van der Waals surface area contributed by atoms with Crippen LogP contribution in [0, 0.1) is 0 Å². The van der Waals surface area contributed by atoms with Crippen molar-refractivity contribution in [1.82, 2.24) is 0 Å². The summed E-state index contributed by atoms with van der Waals surface area (Å²) in [6.45, 7) is 0. The lowest BCUT2D eigenvalue weighted by Crippen LogP contribution is -2.72. The van der Waals surface area contributed by atoms with Crippen molar-refractivity contribution in [3.05, 3.63) is 285 Å². The molecule has 0 saturated heterocycles. The molecule has 1 aromatic heterocycles. The second-order valence-electron chi connectivity index (χ2n) is 19.9. The van der Waals surface area contributed by atoms with Gasteiger partial charge < -0.3 is 9.32 Å². The summed E-state index contributed by atoms with van der Waals surface area (Å²) in [7, 11) is -2.85. The quantitative estimate of drug-likeness (QED) is 0.141. The molecule has 0 fully saturated rings. The van der Waals surface area contributed by atoms with Gasteiger partial charge in [0.2, 0.25) is 0 Å². The van der Waals surface area contributed by atoms with E-state index in [4.69, 9.17) is 4.42 Å². The summed E-state index contributed by atoms with van der Waals surface area (Å²) in [6, 6.07) is 105. The first kappa shape index (κ1) is 43.1. The first-order valence-corrected chi connectivity index (χ1v) is 27.9. The first-order chi connectivity index (χ1) is 37.2. The van der Waals surface area contributed by atoms with Crippen molar-refractivity contribution in [2.75, 3.05) is 4.90 Å². The molecular formula is C72H47NOSi. The number of nitrogens with zero attached hydrogens (tertiary/aromatic N) is 1. The van der Waals surface area contributed by atoms with Gasteiger partial charge in [0.25, 0.3) is 0 Å². The number of benzene rings is 13. The van der Waals surface area contributed by atoms with E-state index in [1.807, 2.05) is 0 Å². The van der Waals surface area contributed by atoms with Gasteiger partial charge in [-0.2, -0.15) is 0 Å². The van der Waals surface area contributed by atoms with Gasteiger partial charge in [0.15, 0.2) is 8.07 Å². The van der Waals surface area contributed by atoms with Crippen LogP contribution in [0.4, 0.5) is 17.1 Å². The van der Waals surface area contributed by atoms with Gasteiger partial charge in [-0.15, -0.1) is 0 Å². The van der Waals surface area contributed by atoms with E-state index in [2.05, 4.69) is 290 Å². The lowest BCUT2D eigenvalue weighted by Gasteiger charge is -2.31. The van der Waals surface area contributed by atoms with Crippen LogP contribution in [0.1, 0.15) is 0 Å². The Morgan fingerprint density at radius 3 is 1.43 bits per heavy atom. The van der Waals surface area contributed by atoms with Crippen LogP contribution in [0.2, 0.25) is 0 Å². The van der Waals surface area contributed by atoms with Crippen LogP contribution >= 0.6 is 0 Å². The van der Waals surface area contributed by atoms with Crippen molar-refractivity contribution in [3.63, 3.8) is 0 Å². The normalized spacial score (nSPS) is 12.6. The highest BCUT2D eigenvalue weighted by Gasteiger charge is 2.49. The molecule has 2 nitrogen and oxygen atoms in total. The van der Waals surface area contributed by atoms with Crippen LogP contribution in [0.15, 0.2) is 290 Å². The zero-order valence-corrected chi connectivity index (χ0v) is 42.0. The summed E-state index contributed by atoms with van der Waals surface area (Å²) in [5.74, 6) is 0. The second kappa shape index (κ2) is 17.3. The Bertz CT molecular complexity index is 4350. The molecule has 14 aromatic rings. The van der Waals surface area contributed by atoms with Gasteiger partial charge in [-0.3, -0.25) is 0 Å². The van der Waals surface area contributed by atoms with Crippen LogP contribution < -0.4 is 25.6 Å². The van der Waals surface area contributed by atoms with Crippen LogP contribution in [0.3, 0.4) is 0 Å². The van der Waals surface area contributed by atoms with Crippen molar-refractivity contribution >= 4 is 100 Å². The van der Waals surface area contributed by atoms with Crippen molar-refractivity contribution in [1.29, 1.82) is 0 Å². The molecule has 0 bridgehead atoms. The van der Waals surface area contributed by atoms with Gasteiger partial charge in [0, 0.05) is 33.2 Å². The Morgan fingerprint density at radius 1 is 0.280 bits per heavy atom. The van der Waals surface area contributed by atoms with Crippen molar-refractivity contribution < 1.29 is 4.42 Å². The summed E-state index contributed by atoms with van der Waals surface area (Å²) in [5, 5.41) is 15.4. The highest BCUT2D eigenvalue weighted by molar-refractivity contribution is 7.22. The van der Waals surface area contributed by atoms with E-state index >= 15 is 0 Å². The average molecular weight is 970 g/mol. The maximum atomic E-state index is 6.63. The Morgan fingerprint density at radius 2 is 0.787 bits per heavy atom. The van der Waals surface area contributed by atoms with Crippen LogP contribution in [-0.4, -0.2) is 8.07 Å². The van der Waals surface area contributed by atoms with Gasteiger partial charge in [0.1, 0.15) is 11.2 Å². The lowest BCUT2D eigenvalue weighted by molar-refractivity contribution is 0.669. The Balaban J connectivity index is 0.922. The molecule has 0 unspecified atom stereocenters. The molecule has 1 aliphatic rings. The molecule has 0 aliphatic carbocycles. The summed E-state index contributed by atoms with van der Waals surface area (Å²) < 4.78 is 6.63. The van der Waals surface area contributed by atoms with Gasteiger partial charge in [-0.25, -0.2) is 0 Å². The smallest absolute Gasteiger partial charge is 0.180 e. The summed E-state index contributed by atoms with van der Waals surface area (Å²) in [6.07, 6.45) is 0. The molecule has 0 atom stereocenters. The second-order valence-corrected chi connectivity index (χ2v) is 23.6. The standard InChI is InChI=1S/C72H47NOSi/c1-3-22-58(23-4-1)75(59-24-5-2-6-25-59)68-44-38-54(47-65(68)72-69(75)45-37-52-36-43-67-71(70(52)72)64-28-11-12-31-66(64)74-67)53-20-13-21-57(46-53)73(55-39-32-50(33-40-55)62-29-14-18-48-16-7-9-26-60(48)62)56-41-34-51(35-42-56)63-30-15-19-49-17-8-10-27-61(49)63/h1-47H. The summed E-state index contributed by atoms with van der Waals surface area (Å²) >= 11 is 0. The van der Waals surface area contributed by atoms with E-state index in [1.54, 1.807) is 0 Å². The van der Waals surface area contributed by atoms with Crippen LogP contribution in [0.25, 0.3) is 98.8 Å². The highest BCUT2D eigenvalue weighted by Crippen LogP contribution is 2.44. The number of para-hydroxylation sites is 1. The number of anilines is 3. The van der Waals surface area contributed by atoms with E-state index in [-0.39, 0.29) is 0 Å². The van der Waals surface area contributed by atoms with Crippen molar-refractivity contribution in [3.8, 4) is 44.5 Å². The predicted molar refractivity (Wildman–Crippen MR) is 320 cm³/mol. The third kappa shape index (κ3) is 6.79. The molecule has 0 N–H and O–H groups in total. The molecule has 13 aromatic carbocycles. The lowest BCUT2D eigenvalue weighted by atomic mass is 9.92. The fraction of sp³-hybridized carbons (Fsp3) is 0. The highest BCUT2D eigenvalue weighted by atomic mass is 28.3. The zero-order valence-electron chi connectivity index (χ0n) is 41.0. The van der Waals surface area contributed by atoms with E-state index < -0.39 is 8.07 Å². The largest absolute Gasteiger partial charge is 0.456 e. The first-order valence-electron chi connectivity index (χ1n) is 25.9. The van der Waals surface area contributed by atoms with E-state index in [1.165, 1.54) is 97.4 Å². The molecule has 2 heterocycles. The minimum absolute atomic E-state index is 0.909. The fourth-order valence-corrected chi connectivity index (χ4v) is 17.8. The SMILES string of the molecule is c1ccc([Si]2(c3ccccc3)c3ccc(-c4cccc(N(c5ccc(-c6cccc7ccccc67)cc5)c5ccc(-c6cccc7ccccc67)cc5)c4)cc3-c3c2ccc2ccc4oc5ccccc5c4c32)cc1. The summed E-state index contributed by atoms with van der Waals surface area (Å²) in [4.78, 5) is 2.41. The number of hydrogen-bond donors (Lipinski definition) is 0. The molecule has 0 spiro atoms. The molecule has 0 amide bonds. The molecule has 0 saturated carbocycles. The fourth-order valence-electron chi connectivity index (χ4n) is 12.6. The molecule has 350 valence electrons. The van der Waals surface area contributed by atoms with Gasteiger partial charge in [-0.05, 0) is 147 Å². The van der Waals surface area contributed by atoms with Crippen molar-refractivity contribution in [2.24, 2.45) is 0 Å². The Labute approximate surface area is 436 Å². The third-order valence-electron chi connectivity index (χ3n) is 15.9. The maximum absolute atomic E-state index is 6.63. The summed E-state index contributed by atoms with van der Waals surface area (Å²) in [5.41, 5.74) is 14.8. The monoisotopic (exact) mass is 969 g/mol. The van der Waals surface area contributed by atoms with Crippen LogP contribution in [-0.2, 0) is 0 Å². The molecule has 1 aliphatic heterocycles. The van der Waals surface area contributed by atoms with Gasteiger partial charge >= 0.3 is 0 Å². The Hall–Kier alpha value is -9.54. The molecule has 15 rings (SSSR count). The maximum Gasteiger partial charge on any atom is 0.180 e. The minimum atomic E-state index is -2.85. The third-order valence-corrected chi connectivity index (χ3v) is 20.8. The van der Waals surface area contributed by atoms with Gasteiger partial charge in [-0.1, -0.05) is 231 Å². The number of fused-ring (bicyclic) bond motifs is 11. The van der Waals surface area contributed by atoms with E-state index in [0.717, 1.165) is 39.2 Å². The van der Waals surface area contributed by atoms with Gasteiger partial charge in [0.05, 0.1) is 0 Å². The molecule has 0 radical (unpaired) electrons. The number of rotatable bonds is 8. The van der Waals surface area contributed by atoms with E-state index in [9.17, 15) is 0 Å².